The number of unbranched alkanes of at least 4 members (excludes halogenated alkanes) is 2. The normalized spacial score (nSPS) is 26.2. The van der Waals surface area contributed by atoms with Crippen molar-refractivity contribution in [3.8, 4) is 0 Å². The third kappa shape index (κ3) is 5.05. The highest BCUT2D eigenvalue weighted by Gasteiger charge is 2.23. The molecule has 1 saturated carbocycles. The molecule has 0 saturated heterocycles. The van der Waals surface area contributed by atoms with Gasteiger partial charge in [0.15, 0.2) is 0 Å². The van der Waals surface area contributed by atoms with Gasteiger partial charge in [-0.05, 0) is 31.6 Å². The number of hydrogen-bond donors (Lipinski definition) is 1. The summed E-state index contributed by atoms with van der Waals surface area (Å²) in [6.45, 7) is 2.22. The average molecular weight is 214 g/mol. The molecular formula is C12H22O3. The topological polar surface area (TPSA) is 46.5 Å². The number of rotatable bonds is 5. The van der Waals surface area contributed by atoms with Crippen molar-refractivity contribution in [2.75, 3.05) is 0 Å². The lowest BCUT2D eigenvalue weighted by Gasteiger charge is -2.27. The van der Waals surface area contributed by atoms with Crippen molar-refractivity contribution in [3.63, 3.8) is 0 Å². The summed E-state index contributed by atoms with van der Waals surface area (Å²) in [4.78, 5) is 10.3. The first-order valence-electron chi connectivity index (χ1n) is 6.12. The number of ether oxygens (including phenoxy) is 1. The van der Waals surface area contributed by atoms with E-state index in [1.54, 1.807) is 0 Å². The van der Waals surface area contributed by atoms with Gasteiger partial charge in [-0.25, -0.2) is 4.79 Å². The molecule has 1 fully saturated rings. The molecule has 0 aliphatic heterocycles. The van der Waals surface area contributed by atoms with Gasteiger partial charge in [-0.15, -0.1) is 0 Å². The van der Waals surface area contributed by atoms with E-state index in [0.717, 1.165) is 31.6 Å². The molecule has 0 bridgehead atoms. The first-order chi connectivity index (χ1) is 7.22. The largest absolute Gasteiger partial charge is 0.506 e. The van der Waals surface area contributed by atoms with E-state index in [2.05, 4.69) is 6.92 Å². The van der Waals surface area contributed by atoms with Crippen LogP contribution in [-0.2, 0) is 4.74 Å². The summed E-state index contributed by atoms with van der Waals surface area (Å²) in [5, 5.41) is 8.48. The van der Waals surface area contributed by atoms with Crippen molar-refractivity contribution < 1.29 is 14.6 Å². The molecule has 0 aromatic carbocycles. The van der Waals surface area contributed by atoms with Gasteiger partial charge >= 0.3 is 6.16 Å². The zero-order valence-electron chi connectivity index (χ0n) is 9.58. The highest BCUT2D eigenvalue weighted by Crippen LogP contribution is 2.29. The minimum absolute atomic E-state index is 0.0371. The Kier molecular flexibility index (Phi) is 5.51. The van der Waals surface area contributed by atoms with Crippen LogP contribution in [0.3, 0.4) is 0 Å². The average Bonchev–Trinajstić information content (AvgIpc) is 2.20. The fraction of sp³-hybridized carbons (Fsp3) is 0.917. The predicted octanol–water partition coefficient (Wildman–Crippen LogP) is 3.82. The summed E-state index contributed by atoms with van der Waals surface area (Å²) in [5.74, 6) is 0.810. The van der Waals surface area contributed by atoms with Gasteiger partial charge in [0.25, 0.3) is 0 Å². The first kappa shape index (κ1) is 12.3. The van der Waals surface area contributed by atoms with Gasteiger partial charge in [-0.1, -0.05) is 32.6 Å². The summed E-state index contributed by atoms with van der Waals surface area (Å²) in [7, 11) is 0. The van der Waals surface area contributed by atoms with Gasteiger partial charge in [0, 0.05) is 0 Å². The van der Waals surface area contributed by atoms with Crippen LogP contribution in [0.2, 0.25) is 0 Å². The Hall–Kier alpha value is -0.730. The van der Waals surface area contributed by atoms with Crippen molar-refractivity contribution >= 4 is 6.16 Å². The minimum Gasteiger partial charge on any atom is -0.450 e. The second kappa shape index (κ2) is 6.70. The van der Waals surface area contributed by atoms with Crippen LogP contribution in [0.5, 0.6) is 0 Å². The van der Waals surface area contributed by atoms with Crippen molar-refractivity contribution in [1.82, 2.24) is 0 Å². The number of carbonyl (C=O) groups is 1. The third-order valence-corrected chi connectivity index (χ3v) is 3.28. The molecule has 0 radical (unpaired) electrons. The molecule has 1 N–H and O–H groups in total. The lowest BCUT2D eigenvalue weighted by molar-refractivity contribution is 0.0275. The molecule has 1 aliphatic carbocycles. The van der Waals surface area contributed by atoms with Gasteiger partial charge in [-0.3, -0.25) is 0 Å². The molecule has 0 aromatic rings. The molecule has 0 atom stereocenters. The minimum atomic E-state index is -1.12. The molecule has 88 valence electrons. The van der Waals surface area contributed by atoms with E-state index in [1.165, 1.54) is 25.7 Å². The Morgan fingerprint density at radius 3 is 2.47 bits per heavy atom. The van der Waals surface area contributed by atoms with Crippen molar-refractivity contribution in [2.45, 2.75) is 64.4 Å². The van der Waals surface area contributed by atoms with Crippen LogP contribution in [0, 0.1) is 5.92 Å². The zero-order chi connectivity index (χ0) is 11.1. The molecule has 3 heteroatoms. The predicted molar refractivity (Wildman–Crippen MR) is 59.0 cm³/mol. The van der Waals surface area contributed by atoms with Crippen LogP contribution in [0.1, 0.15) is 58.3 Å². The quantitative estimate of drug-likeness (QED) is 0.559. The van der Waals surface area contributed by atoms with E-state index >= 15 is 0 Å². The van der Waals surface area contributed by atoms with Gasteiger partial charge in [0.05, 0.1) is 0 Å². The highest BCUT2D eigenvalue weighted by molar-refractivity contribution is 5.57. The van der Waals surface area contributed by atoms with Gasteiger partial charge in [-0.2, -0.15) is 0 Å². The van der Waals surface area contributed by atoms with E-state index < -0.39 is 6.16 Å². The maximum atomic E-state index is 10.3. The van der Waals surface area contributed by atoms with Crippen LogP contribution in [0.25, 0.3) is 0 Å². The second-order valence-electron chi connectivity index (χ2n) is 4.52. The zero-order valence-corrected chi connectivity index (χ0v) is 9.58. The molecule has 0 aromatic heterocycles. The Bertz CT molecular complexity index is 183. The second-order valence-corrected chi connectivity index (χ2v) is 4.52. The summed E-state index contributed by atoms with van der Waals surface area (Å²) in [5.41, 5.74) is 0. The summed E-state index contributed by atoms with van der Waals surface area (Å²) in [6.07, 6.45) is 8.20. The van der Waals surface area contributed by atoms with Crippen molar-refractivity contribution in [2.24, 2.45) is 5.92 Å². The first-order valence-corrected chi connectivity index (χ1v) is 6.12. The fourth-order valence-corrected chi connectivity index (χ4v) is 2.36. The molecular weight excluding hydrogens is 192 g/mol. The molecule has 0 amide bonds. The standard InChI is InChI=1S/C12H22O3/c1-2-3-4-5-10-6-8-11(9-7-10)15-12(13)14/h10-11H,2-9H2,1H3,(H,13,14). The van der Waals surface area contributed by atoms with E-state index in [-0.39, 0.29) is 6.10 Å². The van der Waals surface area contributed by atoms with Crippen LogP contribution in [0.15, 0.2) is 0 Å². The smallest absolute Gasteiger partial charge is 0.450 e. The van der Waals surface area contributed by atoms with E-state index in [4.69, 9.17) is 9.84 Å². The summed E-state index contributed by atoms with van der Waals surface area (Å²) < 4.78 is 4.78. The van der Waals surface area contributed by atoms with Crippen LogP contribution >= 0.6 is 0 Å². The Labute approximate surface area is 91.8 Å². The molecule has 0 unspecified atom stereocenters. The maximum absolute atomic E-state index is 10.3. The van der Waals surface area contributed by atoms with Crippen LogP contribution in [0.4, 0.5) is 4.79 Å². The van der Waals surface area contributed by atoms with Gasteiger partial charge < -0.3 is 9.84 Å². The maximum Gasteiger partial charge on any atom is 0.506 e. The molecule has 15 heavy (non-hydrogen) atoms. The Morgan fingerprint density at radius 1 is 1.27 bits per heavy atom. The molecule has 0 heterocycles. The van der Waals surface area contributed by atoms with Gasteiger partial charge in [0.1, 0.15) is 6.10 Å². The number of hydrogen-bond acceptors (Lipinski definition) is 2. The molecule has 0 spiro atoms. The van der Waals surface area contributed by atoms with Gasteiger partial charge in [0.2, 0.25) is 0 Å². The van der Waals surface area contributed by atoms with E-state index in [1.807, 2.05) is 0 Å². The Balaban J connectivity index is 2.10. The fourth-order valence-electron chi connectivity index (χ4n) is 2.36. The third-order valence-electron chi connectivity index (χ3n) is 3.28. The molecule has 1 aliphatic rings. The van der Waals surface area contributed by atoms with E-state index in [9.17, 15) is 4.79 Å². The van der Waals surface area contributed by atoms with Crippen molar-refractivity contribution in [1.29, 1.82) is 0 Å². The SMILES string of the molecule is CCCCCC1CCC(OC(=O)O)CC1. The van der Waals surface area contributed by atoms with Crippen LogP contribution in [-0.4, -0.2) is 17.4 Å². The highest BCUT2D eigenvalue weighted by atomic mass is 16.7. The monoisotopic (exact) mass is 214 g/mol. The molecule has 1 rings (SSSR count). The Morgan fingerprint density at radius 2 is 1.93 bits per heavy atom. The number of carboxylic acid groups (broad SMARTS) is 1. The molecule has 3 nitrogen and oxygen atoms in total. The summed E-state index contributed by atoms with van der Waals surface area (Å²) >= 11 is 0. The van der Waals surface area contributed by atoms with E-state index in [0.29, 0.717) is 0 Å². The van der Waals surface area contributed by atoms with Crippen molar-refractivity contribution in [3.05, 3.63) is 0 Å². The van der Waals surface area contributed by atoms with Crippen LogP contribution < -0.4 is 0 Å². The summed E-state index contributed by atoms with van der Waals surface area (Å²) in [6, 6.07) is 0. The lowest BCUT2D eigenvalue weighted by Crippen LogP contribution is -2.23. The lowest BCUT2D eigenvalue weighted by atomic mass is 9.84.